The summed E-state index contributed by atoms with van der Waals surface area (Å²) in [5, 5.41) is 18.4. The van der Waals surface area contributed by atoms with Crippen LogP contribution in [0, 0.1) is 11.3 Å². The molecule has 6 rings (SSSR count). The number of pyridine rings is 2. The number of piperidine rings is 2. The normalized spacial score (nSPS) is 22.5. The second-order valence-electron chi connectivity index (χ2n) is 9.29. The Bertz CT molecular complexity index is 1350. The molecule has 0 aliphatic carbocycles. The number of nitrogens with two attached hydrogens (primary N) is 1. The molecule has 1 unspecified atom stereocenters. The highest BCUT2D eigenvalue weighted by Gasteiger charge is 2.37. The van der Waals surface area contributed by atoms with Gasteiger partial charge in [-0.2, -0.15) is 15.5 Å². The van der Waals surface area contributed by atoms with Gasteiger partial charge in [0.25, 0.3) is 0 Å². The van der Waals surface area contributed by atoms with E-state index in [1.165, 1.54) is 19.3 Å². The fraction of sp³-hybridized carbons (Fsp3) is 0.360. The third-order valence-corrected chi connectivity index (χ3v) is 7.10. The number of aryl methyl sites for hydroxylation is 1. The molecule has 0 saturated carbocycles. The highest BCUT2D eigenvalue weighted by molar-refractivity contribution is 5.87. The summed E-state index contributed by atoms with van der Waals surface area (Å²) in [6.45, 7) is 0. The molecular weight excluding hydrogens is 412 g/mol. The first-order chi connectivity index (χ1) is 16.1. The number of nitriles is 1. The van der Waals surface area contributed by atoms with Crippen molar-refractivity contribution in [1.29, 1.82) is 5.26 Å². The Labute approximate surface area is 192 Å². The quantitative estimate of drug-likeness (QED) is 0.525. The van der Waals surface area contributed by atoms with Crippen LogP contribution >= 0.6 is 0 Å². The van der Waals surface area contributed by atoms with Gasteiger partial charge in [-0.15, -0.1) is 0 Å². The van der Waals surface area contributed by atoms with Crippen LogP contribution in [0.4, 0.5) is 5.82 Å². The lowest BCUT2D eigenvalue weighted by Crippen LogP contribution is -2.55. The van der Waals surface area contributed by atoms with Crippen LogP contribution in [0.15, 0.2) is 49.2 Å². The summed E-state index contributed by atoms with van der Waals surface area (Å²) in [6.07, 6.45) is 15.0. The van der Waals surface area contributed by atoms with Gasteiger partial charge in [0.05, 0.1) is 23.5 Å². The van der Waals surface area contributed by atoms with Crippen LogP contribution in [0.3, 0.4) is 0 Å². The molecule has 2 aliphatic heterocycles. The molecule has 166 valence electrons. The third kappa shape index (κ3) is 3.36. The van der Waals surface area contributed by atoms with Gasteiger partial charge in [-0.05, 0) is 50.3 Å². The van der Waals surface area contributed by atoms with E-state index in [-0.39, 0.29) is 0 Å². The summed E-state index contributed by atoms with van der Waals surface area (Å²) in [4.78, 5) is 7.39. The molecule has 4 aromatic rings. The first-order valence-electron chi connectivity index (χ1n) is 11.5. The zero-order valence-corrected chi connectivity index (χ0v) is 18.6. The Kier molecular flexibility index (Phi) is 4.66. The van der Waals surface area contributed by atoms with Crippen molar-refractivity contribution in [2.45, 2.75) is 50.2 Å². The van der Waals surface area contributed by atoms with Crippen LogP contribution in [0.2, 0.25) is 0 Å². The van der Waals surface area contributed by atoms with Crippen molar-refractivity contribution in [3.8, 4) is 28.3 Å². The minimum atomic E-state index is 0.297. The van der Waals surface area contributed by atoms with Crippen LogP contribution in [-0.4, -0.2) is 42.5 Å². The molecule has 0 radical (unpaired) electrons. The van der Waals surface area contributed by atoms with Gasteiger partial charge in [-0.3, -0.25) is 4.68 Å². The second kappa shape index (κ2) is 7.71. The van der Waals surface area contributed by atoms with E-state index in [0.29, 0.717) is 23.7 Å². The first-order valence-corrected chi connectivity index (χ1v) is 11.5. The number of hydrogen-bond donors (Lipinski definition) is 1. The van der Waals surface area contributed by atoms with E-state index >= 15 is 0 Å². The van der Waals surface area contributed by atoms with Crippen LogP contribution in [-0.2, 0) is 7.05 Å². The predicted octanol–water partition coefficient (Wildman–Crippen LogP) is 3.52. The standard InChI is InChI=1S/C25H26N8/c1-31-14-19(13-29-31)17-7-23(25-18(10-26)12-30-32(25)15-17)16-5-6-24(28-11-16)33-21-3-2-4-22(33)9-20(27)8-21/h5-7,11-15,20-22H,2-4,8-9,27H2,1H3/t20?,21-,22+. The lowest BCUT2D eigenvalue weighted by molar-refractivity contribution is 0.269. The molecule has 6 heterocycles. The van der Waals surface area contributed by atoms with Crippen LogP contribution in [0.5, 0.6) is 0 Å². The minimum Gasteiger partial charge on any atom is -0.351 e. The average Bonchev–Trinajstić information content (AvgIpc) is 3.44. The maximum absolute atomic E-state index is 9.66. The molecule has 0 spiro atoms. The van der Waals surface area contributed by atoms with Crippen molar-refractivity contribution in [3.63, 3.8) is 0 Å². The summed E-state index contributed by atoms with van der Waals surface area (Å²) >= 11 is 0. The summed E-state index contributed by atoms with van der Waals surface area (Å²) in [7, 11) is 1.90. The molecule has 0 amide bonds. The Morgan fingerprint density at radius 1 is 1.00 bits per heavy atom. The Hall–Kier alpha value is -3.70. The van der Waals surface area contributed by atoms with Crippen molar-refractivity contribution in [1.82, 2.24) is 24.4 Å². The van der Waals surface area contributed by atoms with Gasteiger partial charge in [-0.25, -0.2) is 9.50 Å². The molecule has 2 bridgehead atoms. The number of fused-ring (bicyclic) bond motifs is 3. The van der Waals surface area contributed by atoms with Crippen molar-refractivity contribution < 1.29 is 0 Å². The summed E-state index contributed by atoms with van der Waals surface area (Å²) in [6, 6.07) is 9.86. The van der Waals surface area contributed by atoms with Gasteiger partial charge in [0.2, 0.25) is 0 Å². The number of rotatable bonds is 3. The smallest absolute Gasteiger partial charge is 0.129 e. The molecule has 8 heteroatoms. The van der Waals surface area contributed by atoms with E-state index in [9.17, 15) is 5.26 Å². The van der Waals surface area contributed by atoms with Gasteiger partial charge in [0, 0.05) is 66.0 Å². The van der Waals surface area contributed by atoms with E-state index in [0.717, 1.165) is 46.4 Å². The van der Waals surface area contributed by atoms with Crippen molar-refractivity contribution >= 4 is 11.3 Å². The lowest BCUT2D eigenvalue weighted by atomic mass is 9.82. The van der Waals surface area contributed by atoms with Gasteiger partial charge < -0.3 is 10.6 Å². The number of hydrogen-bond acceptors (Lipinski definition) is 6. The molecule has 2 fully saturated rings. The van der Waals surface area contributed by atoms with E-state index in [1.807, 2.05) is 31.8 Å². The molecule has 2 aliphatic rings. The van der Waals surface area contributed by atoms with E-state index in [2.05, 4.69) is 39.4 Å². The SMILES string of the molecule is Cn1cc(-c2cc(-c3ccc(N4[C@@H]5CCC[C@H]4CC(N)C5)nc3)c3c(C#N)cnn3c2)cn1. The minimum absolute atomic E-state index is 0.297. The lowest BCUT2D eigenvalue weighted by Gasteiger charge is -2.49. The molecule has 4 aromatic heterocycles. The molecule has 2 N–H and O–H groups in total. The Balaban J connectivity index is 1.43. The molecule has 3 atom stereocenters. The Morgan fingerprint density at radius 3 is 2.48 bits per heavy atom. The largest absolute Gasteiger partial charge is 0.351 e. The highest BCUT2D eigenvalue weighted by atomic mass is 15.3. The molecule has 2 saturated heterocycles. The van der Waals surface area contributed by atoms with Gasteiger partial charge in [-0.1, -0.05) is 0 Å². The fourth-order valence-corrected chi connectivity index (χ4v) is 5.65. The number of anilines is 1. The van der Waals surface area contributed by atoms with Crippen LogP contribution in [0.25, 0.3) is 27.8 Å². The summed E-state index contributed by atoms with van der Waals surface area (Å²) < 4.78 is 3.56. The molecular formula is C25H26N8. The number of aromatic nitrogens is 5. The summed E-state index contributed by atoms with van der Waals surface area (Å²) in [5.41, 5.74) is 11.5. The highest BCUT2D eigenvalue weighted by Crippen LogP contribution is 2.38. The van der Waals surface area contributed by atoms with E-state index < -0.39 is 0 Å². The van der Waals surface area contributed by atoms with Gasteiger partial charge >= 0.3 is 0 Å². The second-order valence-corrected chi connectivity index (χ2v) is 9.29. The monoisotopic (exact) mass is 438 g/mol. The number of nitrogens with zero attached hydrogens (tertiary/aromatic N) is 7. The fourth-order valence-electron chi connectivity index (χ4n) is 5.65. The van der Waals surface area contributed by atoms with Crippen molar-refractivity contribution in [3.05, 3.63) is 54.7 Å². The topological polar surface area (TPSA) is 101 Å². The van der Waals surface area contributed by atoms with E-state index in [4.69, 9.17) is 10.7 Å². The van der Waals surface area contributed by atoms with Crippen LogP contribution < -0.4 is 10.6 Å². The van der Waals surface area contributed by atoms with Crippen LogP contribution in [0.1, 0.15) is 37.7 Å². The molecule has 8 nitrogen and oxygen atoms in total. The predicted molar refractivity (Wildman–Crippen MR) is 126 cm³/mol. The third-order valence-electron chi connectivity index (χ3n) is 7.10. The van der Waals surface area contributed by atoms with Crippen molar-refractivity contribution in [2.24, 2.45) is 12.8 Å². The maximum Gasteiger partial charge on any atom is 0.129 e. The maximum atomic E-state index is 9.66. The molecule has 33 heavy (non-hydrogen) atoms. The van der Waals surface area contributed by atoms with Gasteiger partial charge in [0.1, 0.15) is 11.9 Å². The zero-order valence-electron chi connectivity index (χ0n) is 18.6. The molecule has 0 aromatic carbocycles. The summed E-state index contributed by atoms with van der Waals surface area (Å²) in [5.74, 6) is 1.02. The Morgan fingerprint density at radius 2 is 1.82 bits per heavy atom. The zero-order chi connectivity index (χ0) is 22.5. The van der Waals surface area contributed by atoms with Crippen molar-refractivity contribution in [2.75, 3.05) is 4.90 Å². The first kappa shape index (κ1) is 19.9. The van der Waals surface area contributed by atoms with Gasteiger partial charge in [0.15, 0.2) is 0 Å². The average molecular weight is 439 g/mol. The van der Waals surface area contributed by atoms with E-state index in [1.54, 1.807) is 15.4 Å².